The standard InChI is InChI=1S/C21H24N2O5S/c1-14(2)16-6-4-15(5-7-16)10-11-22-20(24)13-28-21(25)17-8-9-19(29-3)18(12-17)23(26)27/h4-9,12,14H,10-11,13H2,1-3H3,(H,22,24). The zero-order valence-electron chi connectivity index (χ0n) is 16.6. The normalized spacial score (nSPS) is 10.6. The van der Waals surface area contributed by atoms with Crippen molar-refractivity contribution in [1.29, 1.82) is 0 Å². The van der Waals surface area contributed by atoms with Gasteiger partial charge in [-0.2, -0.15) is 0 Å². The number of hydrogen-bond acceptors (Lipinski definition) is 6. The molecule has 0 radical (unpaired) electrons. The number of hydrogen-bond donors (Lipinski definition) is 1. The second-order valence-electron chi connectivity index (χ2n) is 6.72. The fourth-order valence-corrected chi connectivity index (χ4v) is 3.19. The van der Waals surface area contributed by atoms with Gasteiger partial charge in [-0.3, -0.25) is 14.9 Å². The maximum Gasteiger partial charge on any atom is 0.338 e. The van der Waals surface area contributed by atoms with Crippen LogP contribution in [-0.4, -0.2) is 36.2 Å². The van der Waals surface area contributed by atoms with E-state index in [0.717, 1.165) is 11.6 Å². The topological polar surface area (TPSA) is 98.5 Å². The Morgan fingerprint density at radius 2 is 1.86 bits per heavy atom. The summed E-state index contributed by atoms with van der Waals surface area (Å²) in [5.74, 6) is -0.732. The highest BCUT2D eigenvalue weighted by molar-refractivity contribution is 7.98. The molecule has 154 valence electrons. The van der Waals surface area contributed by atoms with Gasteiger partial charge in [-0.05, 0) is 41.9 Å². The lowest BCUT2D eigenvalue weighted by atomic mass is 10.0. The summed E-state index contributed by atoms with van der Waals surface area (Å²) in [6.45, 7) is 4.24. The minimum atomic E-state index is -0.778. The molecule has 0 aliphatic heterocycles. The molecule has 7 nitrogen and oxygen atoms in total. The lowest BCUT2D eigenvalue weighted by Crippen LogP contribution is -2.30. The van der Waals surface area contributed by atoms with Crippen molar-refractivity contribution in [2.24, 2.45) is 0 Å². The first-order valence-electron chi connectivity index (χ1n) is 9.17. The van der Waals surface area contributed by atoms with Crippen LogP contribution in [0.2, 0.25) is 0 Å². The van der Waals surface area contributed by atoms with E-state index in [-0.39, 0.29) is 11.3 Å². The third kappa shape index (κ3) is 6.60. The van der Waals surface area contributed by atoms with Crippen molar-refractivity contribution in [3.8, 4) is 0 Å². The van der Waals surface area contributed by atoms with Crippen LogP contribution in [0, 0.1) is 10.1 Å². The molecule has 29 heavy (non-hydrogen) atoms. The highest BCUT2D eigenvalue weighted by atomic mass is 32.2. The first-order valence-corrected chi connectivity index (χ1v) is 10.4. The molecule has 0 saturated carbocycles. The molecule has 0 saturated heterocycles. The summed E-state index contributed by atoms with van der Waals surface area (Å²) in [5.41, 5.74) is 2.23. The summed E-state index contributed by atoms with van der Waals surface area (Å²) in [7, 11) is 0. The highest BCUT2D eigenvalue weighted by Crippen LogP contribution is 2.28. The zero-order valence-corrected chi connectivity index (χ0v) is 17.5. The first-order chi connectivity index (χ1) is 13.8. The Labute approximate surface area is 174 Å². The number of nitro benzene ring substituents is 1. The maximum atomic E-state index is 12.1. The quantitative estimate of drug-likeness (QED) is 0.288. The molecule has 2 aromatic carbocycles. The second-order valence-corrected chi connectivity index (χ2v) is 7.56. The van der Waals surface area contributed by atoms with E-state index in [2.05, 4.69) is 31.3 Å². The predicted molar refractivity (Wildman–Crippen MR) is 112 cm³/mol. The van der Waals surface area contributed by atoms with Crippen molar-refractivity contribution < 1.29 is 19.2 Å². The summed E-state index contributed by atoms with van der Waals surface area (Å²) < 4.78 is 4.96. The number of nitrogens with zero attached hydrogens (tertiary/aromatic N) is 1. The molecule has 0 aliphatic carbocycles. The third-order valence-corrected chi connectivity index (χ3v) is 5.11. The second kappa shape index (κ2) is 10.6. The first kappa shape index (κ1) is 22.4. The Bertz CT molecular complexity index is 881. The average Bonchev–Trinajstić information content (AvgIpc) is 2.71. The molecule has 0 heterocycles. The van der Waals surface area contributed by atoms with Crippen molar-refractivity contribution in [3.05, 3.63) is 69.3 Å². The van der Waals surface area contributed by atoms with E-state index in [9.17, 15) is 19.7 Å². The van der Waals surface area contributed by atoms with Crippen LogP contribution in [0.1, 0.15) is 41.3 Å². The number of amides is 1. The summed E-state index contributed by atoms with van der Waals surface area (Å²) in [6.07, 6.45) is 2.38. The maximum absolute atomic E-state index is 12.1. The fourth-order valence-electron chi connectivity index (χ4n) is 2.64. The van der Waals surface area contributed by atoms with Gasteiger partial charge in [0.1, 0.15) is 0 Å². The zero-order chi connectivity index (χ0) is 21.4. The number of thioether (sulfide) groups is 1. The van der Waals surface area contributed by atoms with Gasteiger partial charge in [-0.15, -0.1) is 11.8 Å². The van der Waals surface area contributed by atoms with Gasteiger partial charge in [0.25, 0.3) is 11.6 Å². The Kier molecular flexibility index (Phi) is 8.21. The Balaban J connectivity index is 1.80. The van der Waals surface area contributed by atoms with Crippen molar-refractivity contribution >= 4 is 29.3 Å². The van der Waals surface area contributed by atoms with Crippen LogP contribution in [0.25, 0.3) is 0 Å². The number of carbonyl (C=O) groups excluding carboxylic acids is 2. The van der Waals surface area contributed by atoms with E-state index in [1.165, 1.54) is 29.5 Å². The number of ether oxygens (including phenoxy) is 1. The molecule has 1 amide bonds. The van der Waals surface area contributed by atoms with Gasteiger partial charge in [0.2, 0.25) is 0 Å². The largest absolute Gasteiger partial charge is 0.452 e. The Hall–Kier alpha value is -2.87. The number of nitro groups is 1. The van der Waals surface area contributed by atoms with E-state index < -0.39 is 23.4 Å². The van der Waals surface area contributed by atoms with E-state index >= 15 is 0 Å². The lowest BCUT2D eigenvalue weighted by Gasteiger charge is -2.09. The summed E-state index contributed by atoms with van der Waals surface area (Å²) in [5, 5.41) is 13.8. The molecule has 0 bridgehead atoms. The molecule has 0 fully saturated rings. The van der Waals surface area contributed by atoms with Gasteiger partial charge in [0.05, 0.1) is 15.4 Å². The van der Waals surface area contributed by atoms with Crippen LogP contribution in [0.3, 0.4) is 0 Å². The van der Waals surface area contributed by atoms with Gasteiger partial charge in [0.15, 0.2) is 6.61 Å². The average molecular weight is 416 g/mol. The molecule has 0 atom stereocenters. The molecule has 8 heteroatoms. The molecule has 2 aromatic rings. The molecular formula is C21H24N2O5S. The smallest absolute Gasteiger partial charge is 0.338 e. The lowest BCUT2D eigenvalue weighted by molar-refractivity contribution is -0.387. The minimum Gasteiger partial charge on any atom is -0.452 e. The van der Waals surface area contributed by atoms with E-state index in [4.69, 9.17) is 4.74 Å². The third-order valence-electron chi connectivity index (χ3n) is 4.33. The van der Waals surface area contributed by atoms with Crippen LogP contribution in [0.15, 0.2) is 47.4 Å². The van der Waals surface area contributed by atoms with Gasteiger partial charge < -0.3 is 10.1 Å². The van der Waals surface area contributed by atoms with Crippen molar-refractivity contribution in [2.45, 2.75) is 31.1 Å². The molecule has 0 unspecified atom stereocenters. The molecule has 1 N–H and O–H groups in total. The van der Waals surface area contributed by atoms with Crippen molar-refractivity contribution in [2.75, 3.05) is 19.4 Å². The minimum absolute atomic E-state index is 0.0348. The van der Waals surface area contributed by atoms with Crippen LogP contribution in [-0.2, 0) is 16.0 Å². The van der Waals surface area contributed by atoms with Crippen LogP contribution >= 0.6 is 11.8 Å². The van der Waals surface area contributed by atoms with Crippen molar-refractivity contribution in [1.82, 2.24) is 5.32 Å². The molecule has 2 rings (SSSR count). The Morgan fingerprint density at radius 3 is 2.45 bits per heavy atom. The number of carbonyl (C=O) groups is 2. The Morgan fingerprint density at radius 1 is 1.17 bits per heavy atom. The van der Waals surface area contributed by atoms with Gasteiger partial charge in [-0.25, -0.2) is 4.79 Å². The van der Waals surface area contributed by atoms with Crippen LogP contribution in [0.4, 0.5) is 5.69 Å². The molecule has 0 aromatic heterocycles. The molecule has 0 spiro atoms. The highest BCUT2D eigenvalue weighted by Gasteiger charge is 2.18. The van der Waals surface area contributed by atoms with Crippen LogP contribution in [0.5, 0.6) is 0 Å². The summed E-state index contributed by atoms with van der Waals surface area (Å²) >= 11 is 1.21. The predicted octanol–water partition coefficient (Wildman–Crippen LogP) is 3.96. The molecular weight excluding hydrogens is 392 g/mol. The number of esters is 1. The van der Waals surface area contributed by atoms with E-state index in [1.807, 2.05) is 12.1 Å². The fraction of sp³-hybridized carbons (Fsp3) is 0.333. The number of benzene rings is 2. The monoisotopic (exact) mass is 416 g/mol. The van der Waals surface area contributed by atoms with E-state index in [1.54, 1.807) is 6.26 Å². The van der Waals surface area contributed by atoms with Crippen molar-refractivity contribution in [3.63, 3.8) is 0 Å². The SMILES string of the molecule is CSc1ccc(C(=O)OCC(=O)NCCc2ccc(C(C)C)cc2)cc1[N+](=O)[O-]. The number of rotatable bonds is 9. The van der Waals surface area contributed by atoms with Crippen LogP contribution < -0.4 is 5.32 Å². The summed E-state index contributed by atoms with van der Waals surface area (Å²) in [6, 6.07) is 12.3. The van der Waals surface area contributed by atoms with Gasteiger partial charge >= 0.3 is 5.97 Å². The van der Waals surface area contributed by atoms with Gasteiger partial charge in [0, 0.05) is 12.6 Å². The van der Waals surface area contributed by atoms with E-state index in [0.29, 0.717) is 23.8 Å². The number of nitrogens with one attached hydrogen (secondary N) is 1. The van der Waals surface area contributed by atoms with Gasteiger partial charge in [-0.1, -0.05) is 38.1 Å². The molecule has 0 aliphatic rings. The summed E-state index contributed by atoms with van der Waals surface area (Å²) in [4.78, 5) is 34.9.